The summed E-state index contributed by atoms with van der Waals surface area (Å²) >= 11 is 0. The molecule has 1 heterocycles. The minimum atomic E-state index is -1.03. The van der Waals surface area contributed by atoms with E-state index in [4.69, 9.17) is 13.6 Å². The molecule has 0 bridgehead atoms. The highest BCUT2D eigenvalue weighted by Crippen LogP contribution is 2.12. The van der Waals surface area contributed by atoms with E-state index in [0.29, 0.717) is 6.10 Å². The van der Waals surface area contributed by atoms with Gasteiger partial charge in [0.2, 0.25) is 0 Å². The Bertz CT molecular complexity index is 137. The molecule has 0 aromatic heterocycles. The largest absolute Gasteiger partial charge is 0.391 e. The zero-order chi connectivity index (χ0) is 9.68. The van der Waals surface area contributed by atoms with E-state index in [-0.39, 0.29) is 6.10 Å². The van der Waals surface area contributed by atoms with E-state index in [9.17, 15) is 0 Å². The Kier molecular flexibility index (Phi) is 4.94. The third-order valence-corrected chi connectivity index (χ3v) is 3.79. The lowest BCUT2D eigenvalue weighted by atomic mass is 10.5. The summed E-state index contributed by atoms with van der Waals surface area (Å²) in [5.74, 6) is 0. The van der Waals surface area contributed by atoms with Crippen molar-refractivity contribution in [2.45, 2.75) is 45.4 Å². The molecule has 0 amide bonds. The normalized spacial score (nSPS) is 21.5. The standard InChI is InChI=1S/C9H19O3Si/c1-4-5-13(12-8(2)3)11-7-9-6-10-9/h8-9H,4-7H2,1-3H3. The molecular weight excluding hydrogens is 184 g/mol. The van der Waals surface area contributed by atoms with Gasteiger partial charge in [-0.15, -0.1) is 0 Å². The molecule has 0 aromatic rings. The summed E-state index contributed by atoms with van der Waals surface area (Å²) in [6.45, 7) is 7.85. The molecule has 1 aliphatic heterocycles. The first kappa shape index (κ1) is 11.2. The monoisotopic (exact) mass is 203 g/mol. The van der Waals surface area contributed by atoms with Gasteiger partial charge in [0.1, 0.15) is 6.10 Å². The Labute approximate surface area is 82.2 Å². The van der Waals surface area contributed by atoms with E-state index >= 15 is 0 Å². The third kappa shape index (κ3) is 5.41. The highest BCUT2D eigenvalue weighted by molar-refractivity contribution is 6.44. The van der Waals surface area contributed by atoms with Crippen LogP contribution in [0.1, 0.15) is 27.2 Å². The number of hydrogen-bond donors (Lipinski definition) is 0. The number of hydrogen-bond acceptors (Lipinski definition) is 3. The Morgan fingerprint density at radius 2 is 2.23 bits per heavy atom. The zero-order valence-corrected chi connectivity index (χ0v) is 9.71. The fraction of sp³-hybridized carbons (Fsp3) is 1.00. The van der Waals surface area contributed by atoms with Gasteiger partial charge in [0.15, 0.2) is 0 Å². The molecule has 0 N–H and O–H groups in total. The van der Waals surface area contributed by atoms with Crippen molar-refractivity contribution in [2.75, 3.05) is 13.2 Å². The molecule has 1 rings (SSSR count). The molecule has 1 saturated heterocycles. The summed E-state index contributed by atoms with van der Waals surface area (Å²) < 4.78 is 16.4. The Hall–Kier alpha value is 0.0969. The minimum Gasteiger partial charge on any atom is -0.391 e. The van der Waals surface area contributed by atoms with Gasteiger partial charge in [-0.1, -0.05) is 13.3 Å². The minimum absolute atomic E-state index is 0.278. The van der Waals surface area contributed by atoms with Crippen molar-refractivity contribution < 1.29 is 13.6 Å². The van der Waals surface area contributed by atoms with E-state index in [0.717, 1.165) is 25.7 Å². The van der Waals surface area contributed by atoms with E-state index in [1.807, 2.05) is 0 Å². The molecule has 4 heteroatoms. The Morgan fingerprint density at radius 1 is 1.54 bits per heavy atom. The molecule has 0 saturated carbocycles. The van der Waals surface area contributed by atoms with Crippen LogP contribution in [-0.4, -0.2) is 34.7 Å². The van der Waals surface area contributed by atoms with Crippen LogP contribution in [0.25, 0.3) is 0 Å². The van der Waals surface area contributed by atoms with Crippen molar-refractivity contribution >= 4 is 9.28 Å². The lowest BCUT2D eigenvalue weighted by molar-refractivity contribution is 0.148. The van der Waals surface area contributed by atoms with Crippen molar-refractivity contribution in [1.29, 1.82) is 0 Å². The molecule has 1 radical (unpaired) electrons. The van der Waals surface area contributed by atoms with Gasteiger partial charge in [0.05, 0.1) is 13.2 Å². The van der Waals surface area contributed by atoms with Crippen LogP contribution in [0.3, 0.4) is 0 Å². The first-order chi connectivity index (χ1) is 6.22. The van der Waals surface area contributed by atoms with E-state index in [1.165, 1.54) is 0 Å². The van der Waals surface area contributed by atoms with E-state index in [2.05, 4.69) is 20.8 Å². The highest BCUT2D eigenvalue weighted by atomic mass is 28.3. The molecule has 3 nitrogen and oxygen atoms in total. The predicted octanol–water partition coefficient (Wildman–Crippen LogP) is 1.72. The summed E-state index contributed by atoms with van der Waals surface area (Å²) in [4.78, 5) is 0. The van der Waals surface area contributed by atoms with Crippen molar-refractivity contribution in [3.8, 4) is 0 Å². The fourth-order valence-electron chi connectivity index (χ4n) is 0.982. The molecule has 13 heavy (non-hydrogen) atoms. The average Bonchev–Trinajstić information content (AvgIpc) is 2.82. The fourth-order valence-corrected chi connectivity index (χ4v) is 2.62. The quantitative estimate of drug-likeness (QED) is 0.466. The second kappa shape index (κ2) is 5.75. The summed E-state index contributed by atoms with van der Waals surface area (Å²) in [5, 5.41) is 0. The van der Waals surface area contributed by atoms with Crippen LogP contribution in [0.5, 0.6) is 0 Å². The van der Waals surface area contributed by atoms with Gasteiger partial charge in [-0.3, -0.25) is 0 Å². The maximum Gasteiger partial charge on any atom is 0.384 e. The van der Waals surface area contributed by atoms with E-state index < -0.39 is 9.28 Å². The second-order valence-electron chi connectivity index (χ2n) is 3.55. The molecule has 1 atom stereocenters. The zero-order valence-electron chi connectivity index (χ0n) is 8.71. The lowest BCUT2D eigenvalue weighted by Gasteiger charge is -2.16. The molecule has 1 unspecified atom stereocenters. The van der Waals surface area contributed by atoms with Gasteiger partial charge in [-0.2, -0.15) is 0 Å². The molecule has 0 aromatic carbocycles. The maximum atomic E-state index is 5.69. The van der Waals surface area contributed by atoms with Crippen LogP contribution in [0.15, 0.2) is 0 Å². The predicted molar refractivity (Wildman–Crippen MR) is 52.8 cm³/mol. The van der Waals surface area contributed by atoms with Crippen LogP contribution in [0.4, 0.5) is 0 Å². The lowest BCUT2D eigenvalue weighted by Crippen LogP contribution is -2.27. The molecule has 1 fully saturated rings. The third-order valence-electron chi connectivity index (χ3n) is 1.65. The molecule has 0 spiro atoms. The Balaban J connectivity index is 2.11. The van der Waals surface area contributed by atoms with Crippen LogP contribution in [0.2, 0.25) is 6.04 Å². The van der Waals surface area contributed by atoms with Gasteiger partial charge in [0.25, 0.3) is 0 Å². The van der Waals surface area contributed by atoms with Crippen LogP contribution in [0, 0.1) is 0 Å². The Morgan fingerprint density at radius 3 is 2.69 bits per heavy atom. The molecular formula is C9H19O3Si. The highest BCUT2D eigenvalue weighted by Gasteiger charge is 2.26. The smallest absolute Gasteiger partial charge is 0.384 e. The van der Waals surface area contributed by atoms with Crippen molar-refractivity contribution in [3.63, 3.8) is 0 Å². The maximum absolute atomic E-state index is 5.69. The summed E-state index contributed by atoms with van der Waals surface area (Å²) in [5.41, 5.74) is 0. The second-order valence-corrected chi connectivity index (χ2v) is 5.32. The SMILES string of the molecule is CCC[Si](OCC1CO1)OC(C)C. The topological polar surface area (TPSA) is 31.0 Å². The number of ether oxygens (including phenoxy) is 1. The van der Waals surface area contributed by atoms with E-state index in [1.54, 1.807) is 0 Å². The number of rotatable bonds is 7. The van der Waals surface area contributed by atoms with Gasteiger partial charge in [0, 0.05) is 6.10 Å². The summed E-state index contributed by atoms with van der Waals surface area (Å²) in [6, 6.07) is 1.07. The van der Waals surface area contributed by atoms with Crippen LogP contribution >= 0.6 is 0 Å². The van der Waals surface area contributed by atoms with Crippen molar-refractivity contribution in [2.24, 2.45) is 0 Å². The van der Waals surface area contributed by atoms with Crippen molar-refractivity contribution in [1.82, 2.24) is 0 Å². The van der Waals surface area contributed by atoms with Gasteiger partial charge in [-0.05, 0) is 19.9 Å². The van der Waals surface area contributed by atoms with Gasteiger partial charge in [-0.25, -0.2) is 0 Å². The van der Waals surface area contributed by atoms with Gasteiger partial charge >= 0.3 is 9.28 Å². The van der Waals surface area contributed by atoms with Crippen LogP contribution < -0.4 is 0 Å². The number of epoxide rings is 1. The molecule has 0 aliphatic carbocycles. The average molecular weight is 203 g/mol. The summed E-state index contributed by atoms with van der Waals surface area (Å²) in [7, 11) is -1.03. The summed E-state index contributed by atoms with van der Waals surface area (Å²) in [6.07, 6.45) is 1.76. The van der Waals surface area contributed by atoms with Crippen LogP contribution in [-0.2, 0) is 13.6 Å². The van der Waals surface area contributed by atoms with Gasteiger partial charge < -0.3 is 13.6 Å². The molecule has 77 valence electrons. The molecule has 1 aliphatic rings. The first-order valence-corrected chi connectivity index (χ1v) is 6.51. The first-order valence-electron chi connectivity index (χ1n) is 4.99. The van der Waals surface area contributed by atoms with Crippen molar-refractivity contribution in [3.05, 3.63) is 0 Å².